The Labute approximate surface area is 126 Å². The summed E-state index contributed by atoms with van der Waals surface area (Å²) >= 11 is 3.41. The van der Waals surface area contributed by atoms with Crippen LogP contribution in [0.25, 0.3) is 5.69 Å². The fourth-order valence-corrected chi connectivity index (χ4v) is 2.63. The molecule has 1 aliphatic rings. The highest BCUT2D eigenvalue weighted by Gasteiger charge is 2.32. The lowest BCUT2D eigenvalue weighted by Gasteiger charge is -2.20. The van der Waals surface area contributed by atoms with Crippen molar-refractivity contribution in [2.24, 2.45) is 0 Å². The summed E-state index contributed by atoms with van der Waals surface area (Å²) in [7, 11) is 0. The van der Waals surface area contributed by atoms with Gasteiger partial charge in [-0.25, -0.2) is 4.68 Å². The topological polar surface area (TPSA) is 38.1 Å². The van der Waals surface area contributed by atoms with Crippen molar-refractivity contribution in [3.8, 4) is 5.69 Å². The zero-order valence-corrected chi connectivity index (χ0v) is 12.7. The molecule has 0 spiro atoms. The zero-order valence-electron chi connectivity index (χ0n) is 11.1. The molecule has 3 rings (SSSR count). The summed E-state index contributed by atoms with van der Waals surface area (Å²) in [5.74, 6) is 0.0779. The van der Waals surface area contributed by atoms with Gasteiger partial charge in [0.25, 0.3) is 5.91 Å². The third kappa shape index (κ3) is 2.77. The Morgan fingerprint density at radius 2 is 2.10 bits per heavy atom. The fraction of sp³-hybridized carbons (Fsp3) is 0.333. The first-order valence-electron chi connectivity index (χ1n) is 6.76. The van der Waals surface area contributed by atoms with Crippen LogP contribution in [0.15, 0.2) is 42.7 Å². The standard InChI is InChI=1S/C15H16BrN3O/c16-8-9-18(13-6-7-13)15(20)12-10-17-19(11-12)14-4-2-1-3-5-14/h1-5,10-11,13H,6-9H2. The molecule has 1 amide bonds. The fourth-order valence-electron chi connectivity index (χ4n) is 2.25. The Balaban J connectivity index is 1.80. The van der Waals surface area contributed by atoms with E-state index in [9.17, 15) is 4.79 Å². The van der Waals surface area contributed by atoms with E-state index >= 15 is 0 Å². The van der Waals surface area contributed by atoms with Gasteiger partial charge in [0, 0.05) is 24.1 Å². The minimum Gasteiger partial charge on any atom is -0.335 e. The Bertz CT molecular complexity index is 592. The lowest BCUT2D eigenvalue weighted by Crippen LogP contribution is -2.34. The molecule has 1 aliphatic carbocycles. The molecular formula is C15H16BrN3O. The van der Waals surface area contributed by atoms with Gasteiger partial charge in [0.2, 0.25) is 0 Å². The average molecular weight is 334 g/mol. The first kappa shape index (κ1) is 13.4. The quantitative estimate of drug-likeness (QED) is 0.789. The lowest BCUT2D eigenvalue weighted by atomic mass is 10.3. The zero-order chi connectivity index (χ0) is 13.9. The molecule has 0 atom stereocenters. The Kier molecular flexibility index (Phi) is 3.87. The number of hydrogen-bond acceptors (Lipinski definition) is 2. The van der Waals surface area contributed by atoms with Crippen molar-refractivity contribution in [2.75, 3.05) is 11.9 Å². The molecule has 2 aromatic rings. The predicted molar refractivity (Wildman–Crippen MR) is 81.4 cm³/mol. The Morgan fingerprint density at radius 1 is 1.35 bits per heavy atom. The highest BCUT2D eigenvalue weighted by Crippen LogP contribution is 2.28. The summed E-state index contributed by atoms with van der Waals surface area (Å²) in [6.07, 6.45) is 5.69. The van der Waals surface area contributed by atoms with Gasteiger partial charge in [-0.15, -0.1) is 0 Å². The van der Waals surface area contributed by atoms with Crippen molar-refractivity contribution in [3.05, 3.63) is 48.3 Å². The van der Waals surface area contributed by atoms with Gasteiger partial charge < -0.3 is 4.90 Å². The van der Waals surface area contributed by atoms with Crippen LogP contribution in [0.4, 0.5) is 0 Å². The first-order valence-corrected chi connectivity index (χ1v) is 7.89. The molecule has 20 heavy (non-hydrogen) atoms. The second-order valence-corrected chi connectivity index (χ2v) is 5.72. The largest absolute Gasteiger partial charge is 0.335 e. The molecule has 104 valence electrons. The number of amides is 1. The molecule has 0 bridgehead atoms. The molecule has 5 heteroatoms. The minimum atomic E-state index is 0.0779. The van der Waals surface area contributed by atoms with Crippen molar-refractivity contribution in [1.29, 1.82) is 0 Å². The number of nitrogens with zero attached hydrogens (tertiary/aromatic N) is 3. The van der Waals surface area contributed by atoms with Crippen molar-refractivity contribution in [1.82, 2.24) is 14.7 Å². The van der Waals surface area contributed by atoms with Crippen LogP contribution in [0.5, 0.6) is 0 Å². The van der Waals surface area contributed by atoms with Crippen molar-refractivity contribution >= 4 is 21.8 Å². The van der Waals surface area contributed by atoms with E-state index in [1.54, 1.807) is 17.1 Å². The summed E-state index contributed by atoms with van der Waals surface area (Å²) in [5.41, 5.74) is 1.62. The van der Waals surface area contributed by atoms with Gasteiger partial charge >= 0.3 is 0 Å². The summed E-state index contributed by atoms with van der Waals surface area (Å²) in [6.45, 7) is 0.750. The molecule has 1 fully saturated rings. The molecule has 1 aromatic carbocycles. The number of benzene rings is 1. The van der Waals surface area contributed by atoms with Gasteiger partial charge in [-0.2, -0.15) is 5.10 Å². The number of carbonyl (C=O) groups excluding carboxylic acids is 1. The first-order chi connectivity index (χ1) is 9.79. The number of carbonyl (C=O) groups is 1. The number of aromatic nitrogens is 2. The van der Waals surface area contributed by atoms with Gasteiger partial charge in [0.05, 0.1) is 17.4 Å². The average Bonchev–Trinajstić information content (AvgIpc) is 3.21. The summed E-state index contributed by atoms with van der Waals surface area (Å²) in [6, 6.07) is 10.2. The summed E-state index contributed by atoms with van der Waals surface area (Å²) < 4.78 is 1.74. The molecule has 0 unspecified atom stereocenters. The summed E-state index contributed by atoms with van der Waals surface area (Å²) in [5, 5.41) is 5.09. The van der Waals surface area contributed by atoms with Crippen LogP contribution in [-0.4, -0.2) is 38.5 Å². The van der Waals surface area contributed by atoms with Crippen LogP contribution >= 0.6 is 15.9 Å². The lowest BCUT2D eigenvalue weighted by molar-refractivity contribution is 0.0754. The second kappa shape index (κ2) is 5.79. The van der Waals surface area contributed by atoms with E-state index in [1.807, 2.05) is 35.2 Å². The van der Waals surface area contributed by atoms with Crippen LogP contribution < -0.4 is 0 Å². The van der Waals surface area contributed by atoms with Gasteiger partial charge in [0.1, 0.15) is 0 Å². The molecule has 1 heterocycles. The molecule has 0 N–H and O–H groups in total. The predicted octanol–water partition coefficient (Wildman–Crippen LogP) is 2.87. The van der Waals surface area contributed by atoms with E-state index in [0.717, 1.165) is 30.4 Å². The van der Waals surface area contributed by atoms with Crippen LogP contribution in [0, 0.1) is 0 Å². The van der Waals surface area contributed by atoms with Crippen LogP contribution in [-0.2, 0) is 0 Å². The number of hydrogen-bond donors (Lipinski definition) is 0. The maximum absolute atomic E-state index is 12.5. The maximum Gasteiger partial charge on any atom is 0.257 e. The molecule has 0 aliphatic heterocycles. The third-order valence-corrected chi connectivity index (χ3v) is 3.78. The number of halogens is 1. The molecule has 0 radical (unpaired) electrons. The Hall–Kier alpha value is -1.62. The van der Waals surface area contributed by atoms with Gasteiger partial charge in [0.15, 0.2) is 0 Å². The van der Waals surface area contributed by atoms with Crippen LogP contribution in [0.2, 0.25) is 0 Å². The van der Waals surface area contributed by atoms with E-state index in [0.29, 0.717) is 11.6 Å². The molecule has 1 saturated carbocycles. The highest BCUT2D eigenvalue weighted by molar-refractivity contribution is 9.09. The van der Waals surface area contributed by atoms with Gasteiger partial charge in [-0.3, -0.25) is 4.79 Å². The van der Waals surface area contributed by atoms with Gasteiger partial charge in [-0.1, -0.05) is 34.1 Å². The second-order valence-electron chi connectivity index (χ2n) is 4.93. The van der Waals surface area contributed by atoms with E-state index < -0.39 is 0 Å². The number of para-hydroxylation sites is 1. The van der Waals surface area contributed by atoms with E-state index in [4.69, 9.17) is 0 Å². The van der Waals surface area contributed by atoms with Crippen LogP contribution in [0.3, 0.4) is 0 Å². The SMILES string of the molecule is O=C(c1cnn(-c2ccccc2)c1)N(CCBr)C1CC1. The molecule has 0 saturated heterocycles. The Morgan fingerprint density at radius 3 is 2.75 bits per heavy atom. The molecule has 1 aromatic heterocycles. The molecule has 4 nitrogen and oxygen atoms in total. The maximum atomic E-state index is 12.5. The monoisotopic (exact) mass is 333 g/mol. The van der Waals surface area contributed by atoms with Crippen molar-refractivity contribution in [3.63, 3.8) is 0 Å². The minimum absolute atomic E-state index is 0.0779. The third-order valence-electron chi connectivity index (χ3n) is 3.42. The highest BCUT2D eigenvalue weighted by atomic mass is 79.9. The smallest absolute Gasteiger partial charge is 0.257 e. The van der Waals surface area contributed by atoms with Gasteiger partial charge in [-0.05, 0) is 25.0 Å². The van der Waals surface area contributed by atoms with Crippen LogP contribution in [0.1, 0.15) is 23.2 Å². The van der Waals surface area contributed by atoms with Crippen molar-refractivity contribution < 1.29 is 4.79 Å². The summed E-state index contributed by atoms with van der Waals surface area (Å²) in [4.78, 5) is 14.5. The number of alkyl halides is 1. The van der Waals surface area contributed by atoms with E-state index in [1.165, 1.54) is 0 Å². The van der Waals surface area contributed by atoms with E-state index in [2.05, 4.69) is 21.0 Å². The normalized spacial score (nSPS) is 14.2. The number of rotatable bonds is 5. The molecular weight excluding hydrogens is 318 g/mol. The van der Waals surface area contributed by atoms with Crippen molar-refractivity contribution in [2.45, 2.75) is 18.9 Å². The van der Waals surface area contributed by atoms with E-state index in [-0.39, 0.29) is 5.91 Å².